The third-order valence-corrected chi connectivity index (χ3v) is 6.71. The zero-order valence-corrected chi connectivity index (χ0v) is 21.4. The van der Waals surface area contributed by atoms with E-state index in [2.05, 4.69) is 46.5 Å². The van der Waals surface area contributed by atoms with Crippen molar-refractivity contribution < 1.29 is 18.0 Å². The lowest BCUT2D eigenvalue weighted by Gasteiger charge is -2.27. The van der Waals surface area contributed by atoms with E-state index >= 15 is 0 Å². The first-order valence-electron chi connectivity index (χ1n) is 12.3. The maximum Gasteiger partial charge on any atom is 0.416 e. The highest BCUT2D eigenvalue weighted by molar-refractivity contribution is 5.74. The molecular formula is C26H32F3N7O. The number of rotatable bonds is 6. The molecule has 4 rings (SSSR count). The van der Waals surface area contributed by atoms with Crippen LogP contribution in [0.2, 0.25) is 0 Å². The summed E-state index contributed by atoms with van der Waals surface area (Å²) in [5.41, 5.74) is 0.568. The van der Waals surface area contributed by atoms with Crippen LogP contribution in [-0.2, 0) is 19.3 Å². The smallest absolute Gasteiger partial charge is 0.334 e. The maximum absolute atomic E-state index is 14.0. The van der Waals surface area contributed by atoms with Crippen LogP contribution >= 0.6 is 0 Å². The fourth-order valence-corrected chi connectivity index (χ4v) is 4.40. The first kappa shape index (κ1) is 26.4. The Morgan fingerprint density at radius 1 is 1.19 bits per heavy atom. The first-order chi connectivity index (χ1) is 17.4. The van der Waals surface area contributed by atoms with Gasteiger partial charge in [-0.1, -0.05) is 32.9 Å². The molecule has 1 aliphatic heterocycles. The van der Waals surface area contributed by atoms with Crippen LogP contribution < -0.4 is 10.6 Å². The third-order valence-electron chi connectivity index (χ3n) is 6.71. The van der Waals surface area contributed by atoms with Crippen LogP contribution in [0.3, 0.4) is 0 Å². The molecule has 0 radical (unpaired) electrons. The van der Waals surface area contributed by atoms with Gasteiger partial charge in [-0.25, -0.2) is 14.8 Å². The molecule has 11 heteroatoms. The van der Waals surface area contributed by atoms with Crippen molar-refractivity contribution >= 4 is 17.7 Å². The van der Waals surface area contributed by atoms with Crippen molar-refractivity contribution in [1.29, 1.82) is 0 Å². The van der Waals surface area contributed by atoms with Gasteiger partial charge in [0.15, 0.2) is 0 Å². The van der Waals surface area contributed by atoms with Gasteiger partial charge in [0.25, 0.3) is 0 Å². The molecule has 1 saturated heterocycles. The number of amides is 2. The molecule has 1 aromatic carbocycles. The van der Waals surface area contributed by atoms with Gasteiger partial charge in [-0.05, 0) is 42.4 Å². The van der Waals surface area contributed by atoms with E-state index in [0.29, 0.717) is 42.5 Å². The molecule has 1 aliphatic rings. The summed E-state index contributed by atoms with van der Waals surface area (Å²) in [5.74, 6) is 0.607. The number of anilines is 2. The largest absolute Gasteiger partial charge is 0.416 e. The summed E-state index contributed by atoms with van der Waals surface area (Å²) in [7, 11) is 0. The van der Waals surface area contributed by atoms with E-state index < -0.39 is 11.7 Å². The molecular weight excluding hydrogens is 483 g/mol. The SMILES string of the molecule is CCn1cc(Nc2nccc(-c3ccc(CNC(=O)N4CCC(C(C)(C)C)C4)c(C(F)(F)F)c3)n2)cn1. The third kappa shape index (κ3) is 6.39. The van der Waals surface area contributed by atoms with Gasteiger partial charge in [0, 0.05) is 44.1 Å². The quantitative estimate of drug-likeness (QED) is 0.440. The lowest BCUT2D eigenvalue weighted by Crippen LogP contribution is -2.39. The predicted octanol–water partition coefficient (Wildman–Crippen LogP) is 5.70. The number of carbonyl (C=O) groups excluding carboxylic acids is 1. The minimum Gasteiger partial charge on any atom is -0.334 e. The number of halogens is 3. The zero-order valence-electron chi connectivity index (χ0n) is 21.4. The van der Waals surface area contributed by atoms with Gasteiger partial charge in [-0.15, -0.1) is 0 Å². The van der Waals surface area contributed by atoms with Crippen LogP contribution in [0.1, 0.15) is 45.2 Å². The van der Waals surface area contributed by atoms with Crippen LogP contribution in [0.4, 0.5) is 29.6 Å². The molecule has 0 spiro atoms. The number of likely N-dealkylation sites (tertiary alicyclic amines) is 1. The van der Waals surface area contributed by atoms with E-state index in [1.807, 2.05) is 6.92 Å². The van der Waals surface area contributed by atoms with Crippen molar-refractivity contribution in [1.82, 2.24) is 30.0 Å². The van der Waals surface area contributed by atoms with E-state index in [1.165, 1.54) is 12.3 Å². The highest BCUT2D eigenvalue weighted by Crippen LogP contribution is 2.36. The maximum atomic E-state index is 14.0. The van der Waals surface area contributed by atoms with E-state index in [-0.39, 0.29) is 29.5 Å². The molecule has 0 bridgehead atoms. The fourth-order valence-electron chi connectivity index (χ4n) is 4.40. The molecule has 1 fully saturated rings. The number of nitrogens with one attached hydrogen (secondary N) is 2. The van der Waals surface area contributed by atoms with Gasteiger partial charge in [0.05, 0.1) is 23.1 Å². The summed E-state index contributed by atoms with van der Waals surface area (Å²) in [5, 5.41) is 9.86. The van der Waals surface area contributed by atoms with Crippen LogP contribution in [-0.4, -0.2) is 43.8 Å². The number of urea groups is 1. The van der Waals surface area contributed by atoms with Crippen molar-refractivity contribution in [3.05, 3.63) is 54.0 Å². The molecule has 0 saturated carbocycles. The van der Waals surface area contributed by atoms with Crippen molar-refractivity contribution in [3.63, 3.8) is 0 Å². The predicted molar refractivity (Wildman–Crippen MR) is 135 cm³/mol. The Labute approximate surface area is 214 Å². The summed E-state index contributed by atoms with van der Waals surface area (Å²) in [6, 6.07) is 5.23. The molecule has 1 atom stereocenters. The van der Waals surface area contributed by atoms with Crippen LogP contribution in [0.15, 0.2) is 42.9 Å². The molecule has 2 N–H and O–H groups in total. The molecule has 0 aliphatic carbocycles. The number of nitrogens with zero attached hydrogens (tertiary/aromatic N) is 5. The lowest BCUT2D eigenvalue weighted by atomic mass is 9.80. The second-order valence-corrected chi connectivity index (χ2v) is 10.3. The number of aromatic nitrogens is 4. The average Bonchev–Trinajstić information content (AvgIpc) is 3.52. The Morgan fingerprint density at radius 2 is 1.97 bits per heavy atom. The normalized spacial score (nSPS) is 16.2. The van der Waals surface area contributed by atoms with Gasteiger partial charge in [0.2, 0.25) is 5.95 Å². The van der Waals surface area contributed by atoms with Crippen molar-refractivity contribution in [3.8, 4) is 11.3 Å². The van der Waals surface area contributed by atoms with E-state index in [1.54, 1.807) is 34.1 Å². The van der Waals surface area contributed by atoms with Crippen LogP contribution in [0.25, 0.3) is 11.3 Å². The molecule has 3 heterocycles. The highest BCUT2D eigenvalue weighted by Gasteiger charge is 2.35. The Bertz CT molecular complexity index is 1250. The molecule has 198 valence electrons. The van der Waals surface area contributed by atoms with Gasteiger partial charge in [-0.3, -0.25) is 4.68 Å². The van der Waals surface area contributed by atoms with Gasteiger partial charge < -0.3 is 15.5 Å². The Kier molecular flexibility index (Phi) is 7.42. The van der Waals surface area contributed by atoms with E-state index in [0.717, 1.165) is 12.5 Å². The minimum atomic E-state index is -4.59. The molecule has 8 nitrogen and oxygen atoms in total. The van der Waals surface area contributed by atoms with Crippen molar-refractivity contribution in [2.45, 2.75) is 53.4 Å². The topological polar surface area (TPSA) is 88.0 Å². The number of hydrogen-bond donors (Lipinski definition) is 2. The monoisotopic (exact) mass is 515 g/mol. The Morgan fingerprint density at radius 3 is 2.62 bits per heavy atom. The lowest BCUT2D eigenvalue weighted by molar-refractivity contribution is -0.138. The van der Waals surface area contributed by atoms with E-state index in [9.17, 15) is 18.0 Å². The second kappa shape index (κ2) is 10.4. The van der Waals surface area contributed by atoms with Gasteiger partial charge >= 0.3 is 12.2 Å². The fraction of sp³-hybridized carbons (Fsp3) is 0.462. The van der Waals surface area contributed by atoms with Gasteiger partial charge in [-0.2, -0.15) is 18.3 Å². The molecule has 1 unspecified atom stereocenters. The number of aryl methyl sites for hydroxylation is 1. The summed E-state index contributed by atoms with van der Waals surface area (Å²) >= 11 is 0. The number of carbonyl (C=O) groups is 1. The first-order valence-corrected chi connectivity index (χ1v) is 12.3. The molecule has 3 aromatic rings. The molecule has 2 aromatic heterocycles. The minimum absolute atomic E-state index is 0.00412. The van der Waals surface area contributed by atoms with E-state index in [4.69, 9.17) is 0 Å². The zero-order chi connectivity index (χ0) is 26.8. The van der Waals surface area contributed by atoms with Crippen molar-refractivity contribution in [2.24, 2.45) is 11.3 Å². The Hall–Kier alpha value is -3.63. The highest BCUT2D eigenvalue weighted by atomic mass is 19.4. The summed E-state index contributed by atoms with van der Waals surface area (Å²) in [6.07, 6.45) is 1.18. The molecule has 37 heavy (non-hydrogen) atoms. The number of benzene rings is 1. The summed E-state index contributed by atoms with van der Waals surface area (Å²) in [6.45, 7) is 10.0. The van der Waals surface area contributed by atoms with Crippen LogP contribution in [0, 0.1) is 11.3 Å². The average molecular weight is 516 g/mol. The van der Waals surface area contributed by atoms with Gasteiger partial charge in [0.1, 0.15) is 0 Å². The number of alkyl halides is 3. The number of hydrogen-bond acceptors (Lipinski definition) is 5. The second-order valence-electron chi connectivity index (χ2n) is 10.3. The van der Waals surface area contributed by atoms with Crippen molar-refractivity contribution in [2.75, 3.05) is 18.4 Å². The molecule has 2 amide bonds. The summed E-state index contributed by atoms with van der Waals surface area (Å²) < 4.78 is 43.7. The summed E-state index contributed by atoms with van der Waals surface area (Å²) in [4.78, 5) is 22.9. The standard InChI is InChI=1S/C26H32F3N7O/c1-5-36-16-20(14-32-36)33-23-30-10-8-22(34-23)17-6-7-18(21(12-17)26(27,28)29)13-31-24(37)35-11-9-19(15-35)25(2,3)4/h6-8,10,12,14,16,19H,5,9,11,13,15H2,1-4H3,(H,31,37)(H,30,33,34). The van der Waals surface area contributed by atoms with Crippen LogP contribution in [0.5, 0.6) is 0 Å². The Balaban J connectivity index is 1.49.